The molecule has 0 aliphatic rings. The van der Waals surface area contributed by atoms with Gasteiger partial charge >= 0.3 is 0 Å². The van der Waals surface area contributed by atoms with Gasteiger partial charge in [-0.2, -0.15) is 0 Å². The zero-order valence-electron chi connectivity index (χ0n) is 17.3. The van der Waals surface area contributed by atoms with Crippen LogP contribution >= 0.6 is 27.3 Å². The van der Waals surface area contributed by atoms with Gasteiger partial charge < -0.3 is 15.0 Å². The maximum atomic E-state index is 12.8. The molecule has 0 saturated heterocycles. The molecule has 0 atom stereocenters. The average Bonchev–Trinajstić information content (AvgIpc) is 3.24. The van der Waals surface area contributed by atoms with Crippen LogP contribution in [-0.2, 0) is 4.79 Å². The zero-order chi connectivity index (χ0) is 22.2. The lowest BCUT2D eigenvalue weighted by molar-refractivity contribution is -0.116. The van der Waals surface area contributed by atoms with E-state index in [2.05, 4.69) is 31.4 Å². The number of anilines is 1. The van der Waals surface area contributed by atoms with Crippen molar-refractivity contribution < 1.29 is 14.3 Å². The Morgan fingerprint density at radius 1 is 1.13 bits per heavy atom. The number of carbonyl (C=O) groups is 2. The first-order chi connectivity index (χ1) is 15.0. The van der Waals surface area contributed by atoms with Crippen LogP contribution in [0.4, 0.5) is 5.13 Å². The number of benzene rings is 2. The summed E-state index contributed by atoms with van der Waals surface area (Å²) in [7, 11) is 1.58. The van der Waals surface area contributed by atoms with Crippen LogP contribution in [-0.4, -0.2) is 47.1 Å². The van der Waals surface area contributed by atoms with Gasteiger partial charge in [0.2, 0.25) is 11.0 Å². The van der Waals surface area contributed by atoms with Crippen LogP contribution in [0.3, 0.4) is 0 Å². The van der Waals surface area contributed by atoms with E-state index in [-0.39, 0.29) is 18.2 Å². The first-order valence-corrected chi connectivity index (χ1v) is 11.4. The normalized spacial score (nSPS) is 10.5. The van der Waals surface area contributed by atoms with Gasteiger partial charge in [0.25, 0.3) is 5.91 Å². The highest BCUT2D eigenvalue weighted by molar-refractivity contribution is 9.10. The first-order valence-electron chi connectivity index (χ1n) is 9.82. The third kappa shape index (κ3) is 6.35. The molecule has 3 rings (SSSR count). The molecule has 0 aliphatic carbocycles. The van der Waals surface area contributed by atoms with E-state index in [1.807, 2.05) is 31.2 Å². The number of methoxy groups -OCH3 is 1. The molecular weight excluding hydrogens is 480 g/mol. The van der Waals surface area contributed by atoms with E-state index in [1.165, 1.54) is 11.3 Å². The average molecular weight is 503 g/mol. The smallest absolute Gasteiger partial charge is 0.253 e. The SMILES string of the molecule is CCCN(CCC(=O)Nc1nnc(-c2cccc(Br)c2)s1)C(=O)c1ccc(OC)cc1. The van der Waals surface area contributed by atoms with Crippen LogP contribution in [0, 0.1) is 0 Å². The van der Waals surface area contributed by atoms with E-state index in [0.717, 1.165) is 21.5 Å². The fraction of sp³-hybridized carbons (Fsp3) is 0.273. The molecule has 0 unspecified atom stereocenters. The van der Waals surface area contributed by atoms with Crippen molar-refractivity contribution in [1.29, 1.82) is 0 Å². The fourth-order valence-electron chi connectivity index (χ4n) is 2.93. The van der Waals surface area contributed by atoms with Gasteiger partial charge in [-0.1, -0.05) is 46.3 Å². The van der Waals surface area contributed by atoms with Crippen LogP contribution in [0.2, 0.25) is 0 Å². The van der Waals surface area contributed by atoms with E-state index in [0.29, 0.717) is 29.5 Å². The fourth-order valence-corrected chi connectivity index (χ4v) is 4.09. The molecule has 0 radical (unpaired) electrons. The van der Waals surface area contributed by atoms with E-state index in [4.69, 9.17) is 4.74 Å². The van der Waals surface area contributed by atoms with Crippen molar-refractivity contribution >= 4 is 44.2 Å². The zero-order valence-corrected chi connectivity index (χ0v) is 19.7. The summed E-state index contributed by atoms with van der Waals surface area (Å²) in [6, 6.07) is 14.7. The molecule has 0 spiro atoms. The summed E-state index contributed by atoms with van der Waals surface area (Å²) >= 11 is 4.74. The van der Waals surface area contributed by atoms with Crippen LogP contribution in [0.25, 0.3) is 10.6 Å². The molecule has 0 aliphatic heterocycles. The number of hydrogen-bond acceptors (Lipinski definition) is 6. The van der Waals surface area contributed by atoms with Gasteiger partial charge in [0.15, 0.2) is 0 Å². The maximum absolute atomic E-state index is 12.8. The predicted molar refractivity (Wildman–Crippen MR) is 125 cm³/mol. The number of hydrogen-bond donors (Lipinski definition) is 1. The third-order valence-electron chi connectivity index (χ3n) is 4.47. The van der Waals surface area contributed by atoms with Gasteiger partial charge in [0.05, 0.1) is 7.11 Å². The molecule has 9 heteroatoms. The van der Waals surface area contributed by atoms with E-state index in [9.17, 15) is 9.59 Å². The topological polar surface area (TPSA) is 84.4 Å². The molecular formula is C22H23BrN4O3S. The van der Waals surface area contributed by atoms with E-state index in [1.54, 1.807) is 36.3 Å². The number of rotatable bonds is 9. The minimum absolute atomic E-state index is 0.106. The van der Waals surface area contributed by atoms with Crippen molar-refractivity contribution in [3.05, 3.63) is 58.6 Å². The number of ether oxygens (including phenoxy) is 1. The van der Waals surface area contributed by atoms with Gasteiger partial charge in [-0.05, 0) is 42.8 Å². The van der Waals surface area contributed by atoms with Crippen molar-refractivity contribution in [1.82, 2.24) is 15.1 Å². The molecule has 162 valence electrons. The maximum Gasteiger partial charge on any atom is 0.253 e. The first kappa shape index (κ1) is 22.9. The highest BCUT2D eigenvalue weighted by atomic mass is 79.9. The van der Waals surface area contributed by atoms with E-state index >= 15 is 0 Å². The quantitative estimate of drug-likeness (QED) is 0.451. The molecule has 0 bridgehead atoms. The van der Waals surface area contributed by atoms with Crippen molar-refractivity contribution in [2.24, 2.45) is 0 Å². The molecule has 1 aromatic heterocycles. The van der Waals surface area contributed by atoms with Crippen molar-refractivity contribution in [2.45, 2.75) is 19.8 Å². The Balaban J connectivity index is 1.58. The summed E-state index contributed by atoms with van der Waals surface area (Å²) in [5, 5.41) is 12.1. The monoisotopic (exact) mass is 502 g/mol. The lowest BCUT2D eigenvalue weighted by Gasteiger charge is -2.22. The van der Waals surface area contributed by atoms with Gasteiger partial charge in [0, 0.05) is 35.1 Å². The second-order valence-electron chi connectivity index (χ2n) is 6.74. The van der Waals surface area contributed by atoms with Crippen LogP contribution in [0.1, 0.15) is 30.1 Å². The number of nitrogens with one attached hydrogen (secondary N) is 1. The Bertz CT molecular complexity index is 1040. The van der Waals surface area contributed by atoms with Gasteiger partial charge in [-0.15, -0.1) is 10.2 Å². The number of carbonyl (C=O) groups excluding carboxylic acids is 2. The number of halogens is 1. The minimum Gasteiger partial charge on any atom is -0.497 e. The van der Waals surface area contributed by atoms with Crippen LogP contribution in [0.5, 0.6) is 5.75 Å². The van der Waals surface area contributed by atoms with Crippen LogP contribution in [0.15, 0.2) is 53.0 Å². The standard InChI is InChI=1S/C22H23BrN4O3S/c1-3-12-27(21(29)15-7-9-18(30-2)10-8-15)13-11-19(28)24-22-26-25-20(31-22)16-5-4-6-17(23)14-16/h4-10,14H,3,11-13H2,1-2H3,(H,24,26,28). The Morgan fingerprint density at radius 3 is 2.58 bits per heavy atom. The van der Waals surface area contributed by atoms with Crippen molar-refractivity contribution in [3.8, 4) is 16.3 Å². The Hall–Kier alpha value is -2.78. The lowest BCUT2D eigenvalue weighted by atomic mass is 10.1. The second kappa shape index (κ2) is 11.0. The molecule has 1 N–H and O–H groups in total. The molecule has 2 amide bonds. The third-order valence-corrected chi connectivity index (χ3v) is 5.85. The molecule has 2 aromatic carbocycles. The summed E-state index contributed by atoms with van der Waals surface area (Å²) in [6.07, 6.45) is 0.976. The Labute approximate surface area is 193 Å². The molecule has 0 saturated carbocycles. The molecule has 0 fully saturated rings. The second-order valence-corrected chi connectivity index (χ2v) is 8.63. The van der Waals surface area contributed by atoms with Gasteiger partial charge in [-0.3, -0.25) is 9.59 Å². The molecule has 3 aromatic rings. The van der Waals surface area contributed by atoms with Crippen molar-refractivity contribution in [2.75, 3.05) is 25.5 Å². The predicted octanol–water partition coefficient (Wildman–Crippen LogP) is 4.86. The number of aromatic nitrogens is 2. The minimum atomic E-state index is -0.208. The molecule has 1 heterocycles. The van der Waals surface area contributed by atoms with Crippen molar-refractivity contribution in [3.63, 3.8) is 0 Å². The van der Waals surface area contributed by atoms with Gasteiger partial charge in [-0.25, -0.2) is 0 Å². The highest BCUT2D eigenvalue weighted by Crippen LogP contribution is 2.28. The summed E-state index contributed by atoms with van der Waals surface area (Å²) < 4.78 is 6.09. The largest absolute Gasteiger partial charge is 0.497 e. The summed E-state index contributed by atoms with van der Waals surface area (Å²) in [6.45, 7) is 2.89. The molecule has 31 heavy (non-hydrogen) atoms. The number of amides is 2. The van der Waals surface area contributed by atoms with Gasteiger partial charge in [0.1, 0.15) is 10.8 Å². The van der Waals surface area contributed by atoms with E-state index < -0.39 is 0 Å². The Kier molecular flexibility index (Phi) is 8.13. The summed E-state index contributed by atoms with van der Waals surface area (Å²) in [4.78, 5) is 26.9. The highest BCUT2D eigenvalue weighted by Gasteiger charge is 2.17. The summed E-state index contributed by atoms with van der Waals surface area (Å²) in [5.74, 6) is 0.378. The molecule has 7 nitrogen and oxygen atoms in total. The lowest BCUT2D eigenvalue weighted by Crippen LogP contribution is -2.34. The van der Waals surface area contributed by atoms with Crippen LogP contribution < -0.4 is 10.1 Å². The Morgan fingerprint density at radius 2 is 1.90 bits per heavy atom. The summed E-state index contributed by atoms with van der Waals surface area (Å²) in [5.41, 5.74) is 1.49. The number of nitrogens with zero attached hydrogens (tertiary/aromatic N) is 3.